The van der Waals surface area contributed by atoms with Crippen LogP contribution in [-0.2, 0) is 10.8 Å². The van der Waals surface area contributed by atoms with Crippen molar-refractivity contribution in [2.45, 2.75) is 58.3 Å². The van der Waals surface area contributed by atoms with Gasteiger partial charge in [0.25, 0.3) is 0 Å². The summed E-state index contributed by atoms with van der Waals surface area (Å²) in [6.45, 7) is 11.9. The van der Waals surface area contributed by atoms with Gasteiger partial charge in [0.2, 0.25) is 0 Å². The number of benzene rings is 7. The second kappa shape index (κ2) is 10.7. The Labute approximate surface area is 345 Å². The van der Waals surface area contributed by atoms with Crippen LogP contribution in [0.25, 0.3) is 86.2 Å². The van der Waals surface area contributed by atoms with Crippen molar-refractivity contribution in [3.63, 3.8) is 0 Å². The molecule has 0 bridgehead atoms. The standard InChI is InChI=1S/C53H39BN2O2S/c1-28-25-36-37(53(4,5)24-23-52(36,2)3)27-39(28)55-38-22-21-31-30-14-8-11-20-43(30)59-51(31)46(38)54-45-40(55)26-35-29-13-6-9-18-41(29)57-49(35)44(45)33-16-12-17-34-47(33)56(54)48-32-15-7-10-19-42(32)58-50(34)48/h6-22,25-27H,23-24H2,1-5H3. The molecule has 0 amide bonds. The van der Waals surface area contributed by atoms with Gasteiger partial charge in [-0.15, -0.1) is 11.3 Å². The Morgan fingerprint density at radius 2 is 1.24 bits per heavy atom. The minimum Gasteiger partial charge on any atom is -0.455 e. The van der Waals surface area contributed by atoms with Gasteiger partial charge in [0.05, 0.1) is 5.52 Å². The molecule has 4 aromatic heterocycles. The van der Waals surface area contributed by atoms with Crippen molar-refractivity contribution in [2.24, 2.45) is 0 Å². The number of furan rings is 2. The number of fused-ring (bicyclic) bond motifs is 18. The van der Waals surface area contributed by atoms with Crippen LogP contribution in [0.1, 0.15) is 57.2 Å². The van der Waals surface area contributed by atoms with Gasteiger partial charge in [-0.25, -0.2) is 0 Å². The van der Waals surface area contributed by atoms with Gasteiger partial charge in [-0.1, -0.05) is 100 Å². The molecular formula is C53H39BN2O2S. The van der Waals surface area contributed by atoms with Crippen molar-refractivity contribution >= 4 is 121 Å². The van der Waals surface area contributed by atoms with Crippen molar-refractivity contribution in [1.82, 2.24) is 4.48 Å². The smallest absolute Gasteiger partial charge is 0.334 e. The van der Waals surface area contributed by atoms with E-state index in [0.29, 0.717) is 0 Å². The van der Waals surface area contributed by atoms with E-state index in [2.05, 4.69) is 165 Å². The van der Waals surface area contributed by atoms with Crippen LogP contribution in [0.15, 0.2) is 130 Å². The van der Waals surface area contributed by atoms with Gasteiger partial charge in [-0.2, -0.15) is 0 Å². The van der Waals surface area contributed by atoms with Crippen molar-refractivity contribution in [1.29, 1.82) is 0 Å². The van der Waals surface area contributed by atoms with E-state index in [-0.39, 0.29) is 17.7 Å². The normalized spacial score (nSPS) is 16.3. The van der Waals surface area contributed by atoms with E-state index in [1.54, 1.807) is 0 Å². The summed E-state index contributed by atoms with van der Waals surface area (Å²) < 4.78 is 19.2. The minimum atomic E-state index is -0.148. The monoisotopic (exact) mass is 778 g/mol. The molecule has 0 fully saturated rings. The molecule has 0 atom stereocenters. The van der Waals surface area contributed by atoms with Gasteiger partial charge in [0, 0.05) is 75.4 Å². The summed E-state index contributed by atoms with van der Waals surface area (Å²) in [5.74, 6) is 0. The Balaban J connectivity index is 1.22. The van der Waals surface area contributed by atoms with Crippen LogP contribution < -0.4 is 15.8 Å². The van der Waals surface area contributed by atoms with Gasteiger partial charge in [-0.05, 0) is 107 Å². The molecule has 6 heterocycles. The van der Waals surface area contributed by atoms with Crippen molar-refractivity contribution < 1.29 is 8.83 Å². The lowest BCUT2D eigenvalue weighted by atomic mass is 9.44. The first-order valence-electron chi connectivity index (χ1n) is 21.0. The summed E-state index contributed by atoms with van der Waals surface area (Å²) in [6.07, 6.45) is 2.34. The fraction of sp³-hybridized carbons (Fsp3) is 0.170. The van der Waals surface area contributed by atoms with E-state index in [1.807, 2.05) is 11.3 Å². The molecule has 0 unspecified atom stereocenters. The average molecular weight is 779 g/mol. The molecule has 0 radical (unpaired) electrons. The maximum absolute atomic E-state index is 7.06. The number of hydrogen-bond donors (Lipinski definition) is 0. The van der Waals surface area contributed by atoms with Crippen LogP contribution in [0.3, 0.4) is 0 Å². The number of aryl methyl sites for hydroxylation is 1. The first-order chi connectivity index (χ1) is 28.7. The molecule has 0 spiro atoms. The summed E-state index contributed by atoms with van der Waals surface area (Å²) in [6, 6.07) is 45.2. The van der Waals surface area contributed by atoms with Gasteiger partial charge >= 0.3 is 6.85 Å². The number of aromatic nitrogens is 1. The molecule has 11 aromatic rings. The quantitative estimate of drug-likeness (QED) is 0.156. The summed E-state index contributed by atoms with van der Waals surface area (Å²) in [4.78, 5) is 2.64. The predicted octanol–water partition coefficient (Wildman–Crippen LogP) is 13.9. The highest BCUT2D eigenvalue weighted by Gasteiger charge is 2.47. The lowest BCUT2D eigenvalue weighted by Gasteiger charge is -2.44. The van der Waals surface area contributed by atoms with Crippen LogP contribution in [0.5, 0.6) is 0 Å². The molecule has 14 rings (SSSR count). The molecule has 2 aliphatic heterocycles. The van der Waals surface area contributed by atoms with Crippen LogP contribution >= 0.6 is 11.3 Å². The maximum Gasteiger partial charge on any atom is 0.334 e. The van der Waals surface area contributed by atoms with Crippen LogP contribution in [0, 0.1) is 6.92 Å². The number of hydrogen-bond acceptors (Lipinski definition) is 4. The first kappa shape index (κ1) is 32.7. The lowest BCUT2D eigenvalue weighted by molar-refractivity contribution is 0.332. The van der Waals surface area contributed by atoms with Crippen LogP contribution in [-0.4, -0.2) is 11.3 Å². The molecule has 1 aliphatic carbocycles. The van der Waals surface area contributed by atoms with Gasteiger partial charge < -0.3 is 18.2 Å². The second-order valence-electron chi connectivity index (χ2n) is 18.7. The van der Waals surface area contributed by atoms with Crippen molar-refractivity contribution in [2.75, 3.05) is 4.90 Å². The van der Waals surface area contributed by atoms with E-state index in [4.69, 9.17) is 8.83 Å². The van der Waals surface area contributed by atoms with Crippen molar-refractivity contribution in [3.8, 4) is 11.1 Å². The lowest BCUT2D eigenvalue weighted by Crippen LogP contribution is -2.57. The Morgan fingerprint density at radius 3 is 2.05 bits per heavy atom. The zero-order valence-corrected chi connectivity index (χ0v) is 34.5. The average Bonchev–Trinajstić information content (AvgIpc) is 4.00. The fourth-order valence-corrected chi connectivity index (χ4v) is 12.9. The van der Waals surface area contributed by atoms with Crippen molar-refractivity contribution in [3.05, 3.63) is 138 Å². The van der Waals surface area contributed by atoms with E-state index in [0.717, 1.165) is 55.8 Å². The molecule has 7 aromatic carbocycles. The largest absolute Gasteiger partial charge is 0.455 e. The number of rotatable bonds is 1. The zero-order valence-electron chi connectivity index (χ0n) is 33.7. The van der Waals surface area contributed by atoms with Crippen LogP contribution in [0.4, 0.5) is 17.1 Å². The Hall–Kier alpha value is -6.24. The van der Waals surface area contributed by atoms with Gasteiger partial charge in [0.15, 0.2) is 5.58 Å². The summed E-state index contributed by atoms with van der Waals surface area (Å²) >= 11 is 1.93. The fourth-order valence-electron chi connectivity index (χ4n) is 11.6. The maximum atomic E-state index is 7.06. The van der Waals surface area contributed by atoms with Gasteiger partial charge in [0.1, 0.15) is 16.7 Å². The molecular weight excluding hydrogens is 739 g/mol. The van der Waals surface area contributed by atoms with Gasteiger partial charge in [-0.3, -0.25) is 0 Å². The van der Waals surface area contributed by atoms with E-state index in [1.165, 1.54) is 87.9 Å². The number of thiophene rings is 1. The predicted molar refractivity (Wildman–Crippen MR) is 250 cm³/mol. The Bertz CT molecular complexity index is 3720. The minimum absolute atomic E-state index is 0.0532. The Morgan fingerprint density at radius 1 is 0.559 bits per heavy atom. The topological polar surface area (TPSA) is 34.5 Å². The third-order valence-electron chi connectivity index (χ3n) is 14.5. The highest BCUT2D eigenvalue weighted by Crippen LogP contribution is 2.54. The molecule has 59 heavy (non-hydrogen) atoms. The second-order valence-corrected chi connectivity index (χ2v) is 19.7. The summed E-state index contributed by atoms with van der Waals surface area (Å²) in [7, 11) is 0. The summed E-state index contributed by atoms with van der Waals surface area (Å²) in [5.41, 5.74) is 19.2. The highest BCUT2D eigenvalue weighted by molar-refractivity contribution is 7.27. The van der Waals surface area contributed by atoms with E-state index < -0.39 is 0 Å². The molecule has 0 saturated carbocycles. The third kappa shape index (κ3) is 3.92. The van der Waals surface area contributed by atoms with E-state index >= 15 is 0 Å². The molecule has 0 N–H and O–H groups in total. The van der Waals surface area contributed by atoms with Crippen LogP contribution in [0.2, 0.25) is 0 Å². The zero-order chi connectivity index (χ0) is 39.3. The molecule has 0 saturated heterocycles. The number of nitrogens with zero attached hydrogens (tertiary/aromatic N) is 2. The SMILES string of the molecule is Cc1cc2c(cc1N1c3cc4c(oc5ccccc54)c4c3B(c3c1ccc1c3sc3ccccc31)n1c3c-4cccc3c3oc4ccccc4c31)C(C)(C)CCC2(C)C. The first-order valence-corrected chi connectivity index (χ1v) is 21.8. The molecule has 3 aliphatic rings. The molecule has 4 nitrogen and oxygen atoms in total. The Kier molecular flexibility index (Phi) is 5.92. The molecule has 6 heteroatoms. The number of anilines is 3. The third-order valence-corrected chi connectivity index (χ3v) is 15.8. The highest BCUT2D eigenvalue weighted by atomic mass is 32.1. The number of para-hydroxylation sites is 3. The van der Waals surface area contributed by atoms with E-state index in [9.17, 15) is 0 Å². The summed E-state index contributed by atoms with van der Waals surface area (Å²) in [5, 5.41) is 7.18. The molecule has 282 valence electrons.